The Bertz CT molecular complexity index is 431. The van der Waals surface area contributed by atoms with E-state index in [2.05, 4.69) is 4.99 Å². The zero-order chi connectivity index (χ0) is 12.5. The highest BCUT2D eigenvalue weighted by molar-refractivity contribution is 6.35. The Hall–Kier alpha value is -0.730. The summed E-state index contributed by atoms with van der Waals surface area (Å²) in [6, 6.07) is 3.52. The SMILES string of the molecule is Cc1cc(Cl)c(N=C(N)C(C)(C)C)cc1Cl. The quantitative estimate of drug-likeness (QED) is 0.591. The van der Waals surface area contributed by atoms with E-state index in [4.69, 9.17) is 28.9 Å². The molecule has 0 heterocycles. The molecule has 0 saturated heterocycles. The van der Waals surface area contributed by atoms with Gasteiger partial charge in [0.05, 0.1) is 10.7 Å². The molecule has 16 heavy (non-hydrogen) atoms. The van der Waals surface area contributed by atoms with Crippen LogP contribution in [0.4, 0.5) is 5.69 Å². The minimum Gasteiger partial charge on any atom is -0.387 e. The lowest BCUT2D eigenvalue weighted by molar-refractivity contribution is 0.585. The number of amidine groups is 1. The van der Waals surface area contributed by atoms with Crippen molar-refractivity contribution in [2.24, 2.45) is 16.1 Å². The summed E-state index contributed by atoms with van der Waals surface area (Å²) >= 11 is 12.1. The topological polar surface area (TPSA) is 38.4 Å². The predicted octanol–water partition coefficient (Wildman–Crippen LogP) is 4.34. The number of aliphatic imine (C=N–C) groups is 1. The van der Waals surface area contributed by atoms with Crippen LogP contribution in [-0.2, 0) is 0 Å². The van der Waals surface area contributed by atoms with Crippen LogP contribution in [0.5, 0.6) is 0 Å². The maximum absolute atomic E-state index is 6.07. The van der Waals surface area contributed by atoms with Crippen LogP contribution in [0.25, 0.3) is 0 Å². The van der Waals surface area contributed by atoms with E-state index in [0.717, 1.165) is 5.56 Å². The average molecular weight is 259 g/mol. The van der Waals surface area contributed by atoms with Gasteiger partial charge in [-0.25, -0.2) is 4.99 Å². The summed E-state index contributed by atoms with van der Waals surface area (Å²) in [6.07, 6.45) is 0. The minimum absolute atomic E-state index is 0.180. The predicted molar refractivity (Wildman–Crippen MR) is 71.9 cm³/mol. The third kappa shape index (κ3) is 3.13. The maximum atomic E-state index is 6.07. The first-order valence-corrected chi connectivity index (χ1v) is 5.77. The van der Waals surface area contributed by atoms with Crippen molar-refractivity contribution in [1.29, 1.82) is 0 Å². The van der Waals surface area contributed by atoms with E-state index in [1.165, 1.54) is 0 Å². The van der Waals surface area contributed by atoms with Gasteiger partial charge in [0.25, 0.3) is 0 Å². The van der Waals surface area contributed by atoms with Crippen molar-refractivity contribution in [2.45, 2.75) is 27.7 Å². The van der Waals surface area contributed by atoms with Gasteiger partial charge in [-0.1, -0.05) is 44.0 Å². The average Bonchev–Trinajstić information content (AvgIpc) is 2.12. The summed E-state index contributed by atoms with van der Waals surface area (Å²) in [5.74, 6) is 0.536. The standard InChI is InChI=1S/C12H16Cl2N2/c1-7-5-9(14)10(6-8(7)13)16-11(15)12(2,3)4/h5-6H,1-4H3,(H2,15,16). The number of rotatable bonds is 1. The molecule has 4 heteroatoms. The van der Waals surface area contributed by atoms with Crippen molar-refractivity contribution in [3.8, 4) is 0 Å². The monoisotopic (exact) mass is 258 g/mol. The number of halogens is 2. The highest BCUT2D eigenvalue weighted by atomic mass is 35.5. The third-order valence-corrected chi connectivity index (χ3v) is 2.95. The van der Waals surface area contributed by atoms with Crippen LogP contribution in [0.1, 0.15) is 26.3 Å². The lowest BCUT2D eigenvalue weighted by Crippen LogP contribution is -2.28. The van der Waals surface area contributed by atoms with E-state index in [-0.39, 0.29) is 5.41 Å². The fourth-order valence-electron chi connectivity index (χ4n) is 1.02. The van der Waals surface area contributed by atoms with Crippen molar-refractivity contribution in [3.05, 3.63) is 27.7 Å². The van der Waals surface area contributed by atoms with Crippen molar-refractivity contribution in [3.63, 3.8) is 0 Å². The molecule has 1 rings (SSSR count). The van der Waals surface area contributed by atoms with Crippen molar-refractivity contribution in [2.75, 3.05) is 0 Å². The molecule has 0 atom stereocenters. The molecule has 88 valence electrons. The molecule has 0 fully saturated rings. The largest absolute Gasteiger partial charge is 0.387 e. The fourth-order valence-corrected chi connectivity index (χ4v) is 1.44. The molecule has 0 unspecified atom stereocenters. The molecule has 0 aliphatic carbocycles. The van der Waals surface area contributed by atoms with Crippen molar-refractivity contribution >= 4 is 34.7 Å². The van der Waals surface area contributed by atoms with Crippen LogP contribution in [0.2, 0.25) is 10.0 Å². The molecule has 0 spiro atoms. The highest BCUT2D eigenvalue weighted by Gasteiger charge is 2.16. The Kier molecular flexibility index (Phi) is 3.87. The molecule has 0 saturated carbocycles. The van der Waals surface area contributed by atoms with E-state index in [9.17, 15) is 0 Å². The number of nitrogens with two attached hydrogens (primary N) is 1. The van der Waals surface area contributed by atoms with Gasteiger partial charge in [0.1, 0.15) is 5.84 Å². The molecule has 2 nitrogen and oxygen atoms in total. The molecule has 0 aliphatic heterocycles. The summed E-state index contributed by atoms with van der Waals surface area (Å²) in [4.78, 5) is 4.31. The lowest BCUT2D eigenvalue weighted by Gasteiger charge is -2.17. The Morgan fingerprint density at radius 1 is 1.19 bits per heavy atom. The van der Waals surface area contributed by atoms with Gasteiger partial charge in [-0.05, 0) is 24.6 Å². The van der Waals surface area contributed by atoms with Crippen LogP contribution in [0.3, 0.4) is 0 Å². The molecule has 0 aliphatic rings. The van der Waals surface area contributed by atoms with E-state index in [1.807, 2.05) is 27.7 Å². The number of aryl methyl sites for hydroxylation is 1. The number of nitrogens with zero attached hydrogens (tertiary/aromatic N) is 1. The molecule has 1 aromatic carbocycles. The first kappa shape index (κ1) is 13.3. The zero-order valence-corrected chi connectivity index (χ0v) is 11.4. The summed E-state index contributed by atoms with van der Waals surface area (Å²) in [5.41, 5.74) is 7.25. The van der Waals surface area contributed by atoms with Crippen LogP contribution in [-0.4, -0.2) is 5.84 Å². The lowest BCUT2D eigenvalue weighted by atomic mass is 9.95. The fraction of sp³-hybridized carbons (Fsp3) is 0.417. The van der Waals surface area contributed by atoms with Crippen LogP contribution in [0.15, 0.2) is 17.1 Å². The van der Waals surface area contributed by atoms with E-state index in [1.54, 1.807) is 12.1 Å². The van der Waals surface area contributed by atoms with Crippen molar-refractivity contribution < 1.29 is 0 Å². The van der Waals surface area contributed by atoms with Crippen LogP contribution < -0.4 is 5.73 Å². The van der Waals surface area contributed by atoms with Gasteiger partial charge in [-0.2, -0.15) is 0 Å². The number of benzene rings is 1. The van der Waals surface area contributed by atoms with E-state index >= 15 is 0 Å². The summed E-state index contributed by atoms with van der Waals surface area (Å²) in [5, 5.41) is 1.21. The Labute approximate surface area is 106 Å². The Morgan fingerprint density at radius 2 is 1.75 bits per heavy atom. The summed E-state index contributed by atoms with van der Waals surface area (Å²) < 4.78 is 0. The summed E-state index contributed by atoms with van der Waals surface area (Å²) in [6.45, 7) is 7.88. The number of hydrogen-bond donors (Lipinski definition) is 1. The molecule has 2 N–H and O–H groups in total. The van der Waals surface area contributed by atoms with Gasteiger partial charge in [0.2, 0.25) is 0 Å². The highest BCUT2D eigenvalue weighted by Crippen LogP contribution is 2.32. The van der Waals surface area contributed by atoms with Crippen LogP contribution >= 0.6 is 23.2 Å². The van der Waals surface area contributed by atoms with Gasteiger partial charge < -0.3 is 5.73 Å². The second-order valence-electron chi connectivity index (χ2n) is 4.80. The molecule has 0 aromatic heterocycles. The molecule has 1 aromatic rings. The smallest absolute Gasteiger partial charge is 0.105 e. The minimum atomic E-state index is -0.180. The van der Waals surface area contributed by atoms with Gasteiger partial charge in [-0.15, -0.1) is 0 Å². The maximum Gasteiger partial charge on any atom is 0.105 e. The zero-order valence-electron chi connectivity index (χ0n) is 9.94. The van der Waals surface area contributed by atoms with Gasteiger partial charge in [-0.3, -0.25) is 0 Å². The number of hydrogen-bond acceptors (Lipinski definition) is 1. The Balaban J connectivity index is 3.21. The molecule has 0 radical (unpaired) electrons. The molecular weight excluding hydrogens is 243 g/mol. The van der Waals surface area contributed by atoms with Crippen LogP contribution in [0, 0.1) is 12.3 Å². The van der Waals surface area contributed by atoms with Gasteiger partial charge in [0.15, 0.2) is 0 Å². The van der Waals surface area contributed by atoms with Gasteiger partial charge >= 0.3 is 0 Å². The van der Waals surface area contributed by atoms with Gasteiger partial charge in [0, 0.05) is 10.4 Å². The van der Waals surface area contributed by atoms with E-state index < -0.39 is 0 Å². The molecule has 0 amide bonds. The normalized spacial score (nSPS) is 13.0. The Morgan fingerprint density at radius 3 is 2.25 bits per heavy atom. The molecular formula is C12H16Cl2N2. The molecule has 0 bridgehead atoms. The second-order valence-corrected chi connectivity index (χ2v) is 5.61. The first-order valence-electron chi connectivity index (χ1n) is 5.02. The van der Waals surface area contributed by atoms with E-state index in [0.29, 0.717) is 21.6 Å². The second kappa shape index (κ2) is 4.64. The first-order chi connectivity index (χ1) is 7.21. The third-order valence-electron chi connectivity index (χ3n) is 2.24. The summed E-state index contributed by atoms with van der Waals surface area (Å²) in [7, 11) is 0. The van der Waals surface area contributed by atoms with Crippen molar-refractivity contribution in [1.82, 2.24) is 0 Å².